The fourth-order valence-corrected chi connectivity index (χ4v) is 3.85. The highest BCUT2D eigenvalue weighted by atomic mass is 32.2. The highest BCUT2D eigenvalue weighted by molar-refractivity contribution is 7.87. The topological polar surface area (TPSA) is 69.4 Å². The number of benzene rings is 3. The summed E-state index contributed by atoms with van der Waals surface area (Å²) in [6.07, 6.45) is 0. The predicted octanol–water partition coefficient (Wildman–Crippen LogP) is 5.19. The van der Waals surface area contributed by atoms with E-state index in [2.05, 4.69) is 4.98 Å². The molecule has 0 N–H and O–H groups in total. The Labute approximate surface area is 163 Å². The molecule has 4 rings (SSSR count). The first kappa shape index (κ1) is 18.3. The van der Waals surface area contributed by atoms with E-state index in [0.29, 0.717) is 22.6 Å². The van der Waals surface area contributed by atoms with Crippen LogP contribution in [0.3, 0.4) is 0 Å². The zero-order valence-corrected chi connectivity index (χ0v) is 16.6. The minimum Gasteiger partial charge on any atom is -0.436 e. The number of nitrogens with zero attached hydrogens (tertiary/aromatic N) is 1. The summed E-state index contributed by atoms with van der Waals surface area (Å²) in [4.78, 5) is 4.59. The van der Waals surface area contributed by atoms with E-state index in [9.17, 15) is 8.42 Å². The summed E-state index contributed by atoms with van der Waals surface area (Å²) in [5, 5.41) is 0. The average Bonchev–Trinajstić information content (AvgIpc) is 3.06. The molecule has 6 heteroatoms. The van der Waals surface area contributed by atoms with Gasteiger partial charge in [-0.15, -0.1) is 0 Å². The number of oxazole rings is 1. The first-order chi connectivity index (χ1) is 13.3. The lowest BCUT2D eigenvalue weighted by Gasteiger charge is -2.11. The van der Waals surface area contributed by atoms with E-state index in [4.69, 9.17) is 8.60 Å². The third-order valence-corrected chi connectivity index (χ3v) is 5.67. The van der Waals surface area contributed by atoms with Crippen LogP contribution in [0.2, 0.25) is 0 Å². The second-order valence-corrected chi connectivity index (χ2v) is 8.39. The van der Waals surface area contributed by atoms with Gasteiger partial charge in [-0.25, -0.2) is 4.98 Å². The van der Waals surface area contributed by atoms with E-state index in [0.717, 1.165) is 16.7 Å². The van der Waals surface area contributed by atoms with Crippen LogP contribution in [-0.4, -0.2) is 13.4 Å². The van der Waals surface area contributed by atoms with Crippen LogP contribution in [0.25, 0.3) is 22.6 Å². The molecule has 0 aliphatic rings. The summed E-state index contributed by atoms with van der Waals surface area (Å²) >= 11 is 0. The van der Waals surface area contributed by atoms with Crippen molar-refractivity contribution in [2.75, 3.05) is 0 Å². The minimum atomic E-state index is -3.98. The molecule has 0 aliphatic heterocycles. The van der Waals surface area contributed by atoms with Crippen LogP contribution < -0.4 is 4.18 Å². The maximum atomic E-state index is 12.7. The first-order valence-corrected chi connectivity index (χ1v) is 10.2. The van der Waals surface area contributed by atoms with Crippen molar-refractivity contribution in [2.45, 2.75) is 25.7 Å². The summed E-state index contributed by atoms with van der Waals surface area (Å²) < 4.78 is 36.8. The number of rotatable bonds is 4. The smallest absolute Gasteiger partial charge is 0.339 e. The van der Waals surface area contributed by atoms with Crippen molar-refractivity contribution in [3.8, 4) is 17.2 Å². The highest BCUT2D eigenvalue weighted by Gasteiger charge is 2.21. The van der Waals surface area contributed by atoms with E-state index in [1.54, 1.807) is 30.3 Å². The quantitative estimate of drug-likeness (QED) is 0.446. The highest BCUT2D eigenvalue weighted by Crippen LogP contribution is 2.34. The molecule has 0 amide bonds. The Morgan fingerprint density at radius 1 is 0.821 bits per heavy atom. The predicted molar refractivity (Wildman–Crippen MR) is 108 cm³/mol. The molecule has 4 aromatic rings. The normalized spacial score (nSPS) is 11.7. The number of fused-ring (bicyclic) bond motifs is 1. The molecular formula is C22H19NO4S. The summed E-state index contributed by atoms with van der Waals surface area (Å²) in [7, 11) is -3.98. The van der Waals surface area contributed by atoms with Crippen molar-refractivity contribution in [2.24, 2.45) is 0 Å². The SMILES string of the molecule is Cc1ccc(S(=O)(=O)Oc2ccc(C)cc2-c2nc3ccc(C)cc3o2)cc1. The van der Waals surface area contributed by atoms with Crippen LogP contribution in [0.1, 0.15) is 16.7 Å². The van der Waals surface area contributed by atoms with Gasteiger partial charge in [0, 0.05) is 0 Å². The Hall–Kier alpha value is -3.12. The van der Waals surface area contributed by atoms with Gasteiger partial charge in [0.15, 0.2) is 11.3 Å². The van der Waals surface area contributed by atoms with E-state index in [1.807, 2.05) is 39.0 Å². The Balaban J connectivity index is 1.79. The van der Waals surface area contributed by atoms with Crippen LogP contribution in [0.5, 0.6) is 5.75 Å². The zero-order valence-electron chi connectivity index (χ0n) is 15.8. The van der Waals surface area contributed by atoms with Gasteiger partial charge in [-0.1, -0.05) is 35.4 Å². The molecule has 0 unspecified atom stereocenters. The lowest BCUT2D eigenvalue weighted by atomic mass is 10.1. The van der Waals surface area contributed by atoms with Crippen molar-refractivity contribution in [1.29, 1.82) is 0 Å². The third kappa shape index (κ3) is 3.51. The Kier molecular flexibility index (Phi) is 4.43. The molecule has 142 valence electrons. The van der Waals surface area contributed by atoms with Gasteiger partial charge in [-0.3, -0.25) is 0 Å². The number of hydrogen-bond acceptors (Lipinski definition) is 5. The molecular weight excluding hydrogens is 374 g/mol. The molecule has 0 spiro atoms. The second kappa shape index (κ2) is 6.80. The number of hydrogen-bond donors (Lipinski definition) is 0. The van der Waals surface area contributed by atoms with E-state index in [1.165, 1.54) is 12.1 Å². The number of aromatic nitrogens is 1. The second-order valence-electron chi connectivity index (χ2n) is 6.84. The lowest BCUT2D eigenvalue weighted by molar-refractivity contribution is 0.485. The third-order valence-electron chi connectivity index (χ3n) is 4.42. The molecule has 28 heavy (non-hydrogen) atoms. The summed E-state index contributed by atoms with van der Waals surface area (Å²) in [5.41, 5.74) is 4.80. The minimum absolute atomic E-state index is 0.0952. The monoisotopic (exact) mass is 393 g/mol. The van der Waals surface area contributed by atoms with Gasteiger partial charge in [0.1, 0.15) is 10.4 Å². The average molecular weight is 393 g/mol. The van der Waals surface area contributed by atoms with Crippen molar-refractivity contribution < 1.29 is 17.0 Å². The molecule has 1 aromatic heterocycles. The number of aryl methyl sites for hydroxylation is 3. The summed E-state index contributed by atoms with van der Waals surface area (Å²) in [6, 6.07) is 17.4. The van der Waals surface area contributed by atoms with Crippen molar-refractivity contribution in [3.63, 3.8) is 0 Å². The molecule has 0 saturated heterocycles. The first-order valence-electron chi connectivity index (χ1n) is 8.81. The van der Waals surface area contributed by atoms with Crippen LogP contribution >= 0.6 is 0 Å². The molecule has 1 heterocycles. The Morgan fingerprint density at radius 3 is 2.21 bits per heavy atom. The fraction of sp³-hybridized carbons (Fsp3) is 0.136. The van der Waals surface area contributed by atoms with Crippen molar-refractivity contribution in [3.05, 3.63) is 77.4 Å². The van der Waals surface area contributed by atoms with Crippen LogP contribution in [-0.2, 0) is 10.1 Å². The largest absolute Gasteiger partial charge is 0.436 e. The maximum absolute atomic E-state index is 12.7. The van der Waals surface area contributed by atoms with Crippen molar-refractivity contribution in [1.82, 2.24) is 4.98 Å². The van der Waals surface area contributed by atoms with Gasteiger partial charge in [0.25, 0.3) is 0 Å². The van der Waals surface area contributed by atoms with Gasteiger partial charge >= 0.3 is 10.1 Å². The molecule has 0 fully saturated rings. The van der Waals surface area contributed by atoms with Gasteiger partial charge in [0.2, 0.25) is 5.89 Å². The van der Waals surface area contributed by atoms with Crippen LogP contribution in [0.15, 0.2) is 70.0 Å². The van der Waals surface area contributed by atoms with Crippen LogP contribution in [0.4, 0.5) is 0 Å². The standard InChI is InChI=1S/C22H19NO4S/c1-14-4-8-17(9-5-14)28(24,25)27-20-11-7-15(2)12-18(20)22-23-19-10-6-16(3)13-21(19)26-22/h4-13H,1-3H3. The van der Waals surface area contributed by atoms with Gasteiger partial charge in [0.05, 0.1) is 5.56 Å². The maximum Gasteiger partial charge on any atom is 0.339 e. The van der Waals surface area contributed by atoms with E-state index >= 15 is 0 Å². The van der Waals surface area contributed by atoms with E-state index in [-0.39, 0.29) is 10.6 Å². The zero-order chi connectivity index (χ0) is 19.9. The summed E-state index contributed by atoms with van der Waals surface area (Å²) in [6.45, 7) is 5.77. The molecule has 0 bridgehead atoms. The summed E-state index contributed by atoms with van der Waals surface area (Å²) in [5.74, 6) is 0.493. The van der Waals surface area contributed by atoms with E-state index < -0.39 is 10.1 Å². The molecule has 0 atom stereocenters. The fourth-order valence-electron chi connectivity index (χ4n) is 2.90. The molecule has 3 aromatic carbocycles. The lowest BCUT2D eigenvalue weighted by Crippen LogP contribution is -2.10. The molecule has 0 saturated carbocycles. The molecule has 5 nitrogen and oxygen atoms in total. The van der Waals surface area contributed by atoms with Gasteiger partial charge in [-0.2, -0.15) is 8.42 Å². The van der Waals surface area contributed by atoms with Crippen molar-refractivity contribution >= 4 is 21.2 Å². The van der Waals surface area contributed by atoms with Gasteiger partial charge < -0.3 is 8.60 Å². The molecule has 0 aliphatic carbocycles. The Morgan fingerprint density at radius 2 is 1.46 bits per heavy atom. The Bertz CT molecular complexity index is 1270. The molecule has 0 radical (unpaired) electrons. The van der Waals surface area contributed by atoms with Gasteiger partial charge in [-0.05, 0) is 62.7 Å². The van der Waals surface area contributed by atoms with Crippen LogP contribution in [0, 0.1) is 20.8 Å².